The largest absolute Gasteiger partial charge is 0.395 e. The molecule has 140 valence electrons. The number of aromatic nitrogens is 6. The van der Waals surface area contributed by atoms with Gasteiger partial charge in [-0.1, -0.05) is 0 Å². The monoisotopic (exact) mass is 368 g/mol. The van der Waals surface area contributed by atoms with Gasteiger partial charge in [-0.05, 0) is 20.8 Å². The zero-order valence-electron chi connectivity index (χ0n) is 15.2. The highest BCUT2D eigenvalue weighted by molar-refractivity contribution is 6.01. The van der Waals surface area contributed by atoms with E-state index in [-0.39, 0.29) is 23.1 Å². The van der Waals surface area contributed by atoms with Crippen LogP contribution in [0.15, 0.2) is 18.1 Å². The molecule has 0 aromatic carbocycles. The van der Waals surface area contributed by atoms with Crippen LogP contribution < -0.4 is 16.8 Å². The lowest BCUT2D eigenvalue weighted by Crippen LogP contribution is -2.21. The Kier molecular flexibility index (Phi) is 4.59. The third-order valence-corrected chi connectivity index (χ3v) is 3.84. The molecule has 0 aliphatic rings. The Hall–Kier alpha value is -3.76. The molecule has 3 aromatic rings. The molecule has 0 saturated heterocycles. The number of carbonyl (C=O) groups is 1. The van der Waals surface area contributed by atoms with Crippen molar-refractivity contribution in [3.8, 4) is 11.5 Å². The van der Waals surface area contributed by atoms with Gasteiger partial charge < -0.3 is 22.2 Å². The van der Waals surface area contributed by atoms with Gasteiger partial charge in [0.05, 0.1) is 28.8 Å². The van der Waals surface area contributed by atoms with Crippen molar-refractivity contribution in [2.45, 2.75) is 20.8 Å². The molecule has 0 radical (unpaired) electrons. The van der Waals surface area contributed by atoms with Gasteiger partial charge in [0, 0.05) is 12.7 Å². The van der Waals surface area contributed by atoms with Crippen LogP contribution in [0.2, 0.25) is 0 Å². The van der Waals surface area contributed by atoms with Crippen molar-refractivity contribution in [3.05, 3.63) is 35.4 Å². The number of primary amides is 1. The molecular weight excluding hydrogens is 348 g/mol. The second kappa shape index (κ2) is 6.86. The SMILES string of the molecule is CCN/C(=C(/N)C(C)=N)c1n[nH]c(-c2nc(C(N)=O)n3cc(C)ncc23)n1. The standard InChI is InChI=1S/C16H20N10O/c1-4-20-12(10(18)8(3)17)15-23-14(24-25-15)11-9-5-21-7(2)6-26(9)16(22-11)13(19)27/h5-6,17,20H,4,18H2,1-3H3,(H2,19,27)(H,23,24,25)/b12-10+,17-8?. The summed E-state index contributed by atoms with van der Waals surface area (Å²) < 4.78 is 1.57. The summed E-state index contributed by atoms with van der Waals surface area (Å²) in [4.78, 5) is 24.7. The van der Waals surface area contributed by atoms with Gasteiger partial charge in [-0.25, -0.2) is 9.97 Å². The van der Waals surface area contributed by atoms with Crippen molar-refractivity contribution >= 4 is 22.8 Å². The minimum Gasteiger partial charge on any atom is -0.395 e. The second-order valence-corrected chi connectivity index (χ2v) is 5.88. The number of imidazole rings is 1. The van der Waals surface area contributed by atoms with E-state index in [4.69, 9.17) is 16.9 Å². The number of nitrogens with one attached hydrogen (secondary N) is 3. The fourth-order valence-electron chi connectivity index (χ4n) is 2.57. The molecule has 0 bridgehead atoms. The Labute approximate surface area is 154 Å². The maximum Gasteiger partial charge on any atom is 0.285 e. The van der Waals surface area contributed by atoms with E-state index < -0.39 is 5.91 Å². The summed E-state index contributed by atoms with van der Waals surface area (Å²) in [7, 11) is 0. The first-order valence-corrected chi connectivity index (χ1v) is 8.20. The van der Waals surface area contributed by atoms with Crippen LogP contribution in [-0.2, 0) is 0 Å². The van der Waals surface area contributed by atoms with Crippen LogP contribution in [0.4, 0.5) is 0 Å². The third-order valence-electron chi connectivity index (χ3n) is 3.84. The Morgan fingerprint density at radius 2 is 2.11 bits per heavy atom. The molecule has 0 aliphatic carbocycles. The average Bonchev–Trinajstić information content (AvgIpc) is 3.23. The quantitative estimate of drug-likeness (QED) is 0.386. The van der Waals surface area contributed by atoms with E-state index in [0.29, 0.717) is 35.0 Å². The van der Waals surface area contributed by atoms with E-state index in [2.05, 4.69) is 30.5 Å². The molecule has 11 heteroatoms. The normalized spacial score (nSPS) is 12.1. The lowest BCUT2D eigenvalue weighted by atomic mass is 10.2. The summed E-state index contributed by atoms with van der Waals surface area (Å²) in [5, 5.41) is 17.8. The summed E-state index contributed by atoms with van der Waals surface area (Å²) in [6, 6.07) is 0. The fourth-order valence-corrected chi connectivity index (χ4v) is 2.57. The summed E-state index contributed by atoms with van der Waals surface area (Å²) in [6.45, 7) is 5.86. The van der Waals surface area contributed by atoms with E-state index in [1.165, 1.54) is 0 Å². The van der Waals surface area contributed by atoms with Crippen LogP contribution in [-0.4, -0.2) is 47.7 Å². The second-order valence-electron chi connectivity index (χ2n) is 5.88. The zero-order valence-corrected chi connectivity index (χ0v) is 15.2. The van der Waals surface area contributed by atoms with Crippen molar-refractivity contribution in [1.82, 2.24) is 34.9 Å². The first-order valence-electron chi connectivity index (χ1n) is 8.20. The Morgan fingerprint density at radius 3 is 2.74 bits per heavy atom. The molecule has 0 unspecified atom stereocenters. The van der Waals surface area contributed by atoms with E-state index in [0.717, 1.165) is 0 Å². The lowest BCUT2D eigenvalue weighted by molar-refractivity contribution is 0.0990. The van der Waals surface area contributed by atoms with Crippen LogP contribution >= 0.6 is 0 Å². The Morgan fingerprint density at radius 1 is 1.37 bits per heavy atom. The van der Waals surface area contributed by atoms with Gasteiger partial charge in [0.2, 0.25) is 5.82 Å². The number of allylic oxidation sites excluding steroid dienone is 1. The number of aromatic amines is 1. The molecular formula is C16H20N10O. The first kappa shape index (κ1) is 18.0. The molecule has 0 spiro atoms. The van der Waals surface area contributed by atoms with Crippen LogP contribution in [0.5, 0.6) is 0 Å². The molecule has 0 aliphatic heterocycles. The van der Waals surface area contributed by atoms with Gasteiger partial charge in [-0.15, -0.1) is 0 Å². The smallest absolute Gasteiger partial charge is 0.285 e. The molecule has 0 saturated carbocycles. The molecule has 27 heavy (non-hydrogen) atoms. The van der Waals surface area contributed by atoms with Gasteiger partial charge in [0.1, 0.15) is 11.4 Å². The topological polar surface area (TPSA) is 177 Å². The summed E-state index contributed by atoms with van der Waals surface area (Å²) in [5.74, 6) is 0.0172. The first-order chi connectivity index (χ1) is 12.8. The number of amides is 1. The average molecular weight is 368 g/mol. The van der Waals surface area contributed by atoms with Crippen LogP contribution in [0, 0.1) is 12.3 Å². The van der Waals surface area contributed by atoms with Gasteiger partial charge >= 0.3 is 0 Å². The van der Waals surface area contributed by atoms with Gasteiger partial charge in [0.15, 0.2) is 11.6 Å². The van der Waals surface area contributed by atoms with E-state index in [9.17, 15) is 4.79 Å². The highest BCUT2D eigenvalue weighted by atomic mass is 16.1. The molecule has 3 aromatic heterocycles. The Bertz CT molecular complexity index is 1070. The van der Waals surface area contributed by atoms with Gasteiger partial charge in [-0.3, -0.25) is 19.3 Å². The predicted molar refractivity (Wildman–Crippen MR) is 99.8 cm³/mol. The van der Waals surface area contributed by atoms with Crippen molar-refractivity contribution in [1.29, 1.82) is 5.41 Å². The van der Waals surface area contributed by atoms with Crippen molar-refractivity contribution < 1.29 is 4.79 Å². The number of hydrogen-bond acceptors (Lipinski definition) is 8. The van der Waals surface area contributed by atoms with Crippen molar-refractivity contribution in [2.75, 3.05) is 6.54 Å². The highest BCUT2D eigenvalue weighted by Gasteiger charge is 2.21. The van der Waals surface area contributed by atoms with Crippen LogP contribution in [0.1, 0.15) is 36.0 Å². The van der Waals surface area contributed by atoms with Crippen molar-refractivity contribution in [3.63, 3.8) is 0 Å². The van der Waals surface area contributed by atoms with Crippen LogP contribution in [0.25, 0.3) is 22.7 Å². The highest BCUT2D eigenvalue weighted by Crippen LogP contribution is 2.23. The fraction of sp³-hybridized carbons (Fsp3) is 0.250. The van der Waals surface area contributed by atoms with Crippen LogP contribution in [0.3, 0.4) is 0 Å². The lowest BCUT2D eigenvalue weighted by Gasteiger charge is -2.09. The number of nitrogens with zero attached hydrogens (tertiary/aromatic N) is 5. The maximum absolute atomic E-state index is 11.7. The third kappa shape index (κ3) is 3.21. The molecule has 0 fully saturated rings. The minimum absolute atomic E-state index is 0.0701. The molecule has 3 rings (SSSR count). The molecule has 11 nitrogen and oxygen atoms in total. The predicted octanol–water partition coefficient (Wildman–Crippen LogP) is 0.198. The molecule has 1 amide bonds. The number of fused-ring (bicyclic) bond motifs is 1. The summed E-state index contributed by atoms with van der Waals surface area (Å²) >= 11 is 0. The number of rotatable bonds is 6. The number of carbonyl (C=O) groups excluding carboxylic acids is 1. The zero-order chi connectivity index (χ0) is 19.7. The number of H-pyrrole nitrogens is 1. The molecule has 0 atom stereocenters. The van der Waals surface area contributed by atoms with E-state index in [1.54, 1.807) is 30.6 Å². The molecule has 3 heterocycles. The summed E-state index contributed by atoms with van der Waals surface area (Å²) in [6.07, 6.45) is 3.26. The number of aryl methyl sites for hydroxylation is 1. The van der Waals surface area contributed by atoms with Gasteiger partial charge in [0.25, 0.3) is 5.91 Å². The number of hydrogen-bond donors (Lipinski definition) is 5. The van der Waals surface area contributed by atoms with E-state index in [1.807, 2.05) is 6.92 Å². The van der Waals surface area contributed by atoms with Gasteiger partial charge in [-0.2, -0.15) is 5.10 Å². The Balaban J connectivity index is 2.16. The minimum atomic E-state index is -0.668. The number of nitrogens with two attached hydrogens (primary N) is 2. The summed E-state index contributed by atoms with van der Waals surface area (Å²) in [5.41, 5.74) is 14.0. The van der Waals surface area contributed by atoms with Crippen molar-refractivity contribution in [2.24, 2.45) is 11.5 Å². The van der Waals surface area contributed by atoms with E-state index >= 15 is 0 Å². The maximum atomic E-state index is 11.7. The molecule has 7 N–H and O–H groups in total.